The fourth-order valence-corrected chi connectivity index (χ4v) is 1.37. The van der Waals surface area contributed by atoms with Crippen LogP contribution in [0.15, 0.2) is 18.3 Å². The summed E-state index contributed by atoms with van der Waals surface area (Å²) in [5, 5.41) is 11.1. The van der Waals surface area contributed by atoms with Crippen molar-refractivity contribution >= 4 is 17.7 Å². The maximum atomic E-state index is 11.5. The van der Waals surface area contributed by atoms with Gasteiger partial charge in [0.05, 0.1) is 0 Å². The van der Waals surface area contributed by atoms with Gasteiger partial charge in [-0.2, -0.15) is 0 Å². The first-order valence-electron chi connectivity index (χ1n) is 5.53. The van der Waals surface area contributed by atoms with Crippen molar-refractivity contribution in [2.24, 2.45) is 0 Å². The highest BCUT2D eigenvalue weighted by molar-refractivity contribution is 5.90. The molecule has 0 aliphatic heterocycles. The number of rotatable bonds is 6. The van der Waals surface area contributed by atoms with Crippen molar-refractivity contribution in [1.29, 1.82) is 0 Å². The molecule has 17 heavy (non-hydrogen) atoms. The van der Waals surface area contributed by atoms with E-state index in [0.29, 0.717) is 25.1 Å². The van der Waals surface area contributed by atoms with E-state index in [2.05, 4.69) is 10.3 Å². The smallest absolute Gasteiger partial charge is 0.303 e. The second kappa shape index (κ2) is 6.62. The van der Waals surface area contributed by atoms with Gasteiger partial charge in [0.15, 0.2) is 0 Å². The Kier molecular flexibility index (Phi) is 5.13. The van der Waals surface area contributed by atoms with Gasteiger partial charge in [-0.3, -0.25) is 9.59 Å². The zero-order valence-electron chi connectivity index (χ0n) is 9.77. The number of nitrogens with one attached hydrogen (secondary N) is 1. The van der Waals surface area contributed by atoms with E-state index in [-0.39, 0.29) is 12.3 Å². The normalized spacial score (nSPS) is 9.94. The molecule has 0 aliphatic carbocycles. The number of aryl methyl sites for hydroxylation is 1. The molecule has 1 aromatic rings. The molecule has 1 heterocycles. The van der Waals surface area contributed by atoms with Gasteiger partial charge in [0, 0.05) is 19.0 Å². The highest BCUT2D eigenvalue weighted by Crippen LogP contribution is 2.10. The van der Waals surface area contributed by atoms with E-state index < -0.39 is 5.97 Å². The average molecular weight is 236 g/mol. The van der Waals surface area contributed by atoms with E-state index in [1.807, 2.05) is 13.0 Å². The number of carboxylic acid groups (broad SMARTS) is 1. The first-order valence-corrected chi connectivity index (χ1v) is 5.53. The van der Waals surface area contributed by atoms with Gasteiger partial charge in [0.1, 0.15) is 5.82 Å². The number of carboxylic acids is 1. The van der Waals surface area contributed by atoms with Crippen molar-refractivity contribution in [3.05, 3.63) is 23.9 Å². The predicted molar refractivity (Wildman–Crippen MR) is 63.7 cm³/mol. The fourth-order valence-electron chi connectivity index (χ4n) is 1.37. The minimum absolute atomic E-state index is 0.107. The molecule has 0 saturated heterocycles. The second-order valence-electron chi connectivity index (χ2n) is 3.82. The molecular weight excluding hydrogens is 220 g/mol. The Hall–Kier alpha value is -1.91. The summed E-state index contributed by atoms with van der Waals surface area (Å²) in [7, 11) is 0. The number of hydrogen-bond acceptors (Lipinski definition) is 3. The van der Waals surface area contributed by atoms with Gasteiger partial charge >= 0.3 is 5.97 Å². The highest BCUT2D eigenvalue weighted by Gasteiger charge is 2.05. The van der Waals surface area contributed by atoms with E-state index in [4.69, 9.17) is 5.11 Å². The maximum Gasteiger partial charge on any atom is 0.303 e. The van der Waals surface area contributed by atoms with Crippen LogP contribution in [-0.2, 0) is 9.59 Å². The molecule has 0 atom stereocenters. The lowest BCUT2D eigenvalue weighted by Crippen LogP contribution is -2.13. The van der Waals surface area contributed by atoms with E-state index >= 15 is 0 Å². The van der Waals surface area contributed by atoms with Gasteiger partial charge < -0.3 is 10.4 Å². The number of unbranched alkanes of at least 4 members (excludes halogenated alkanes) is 1. The number of carbonyl (C=O) groups excluding carboxylic acids is 1. The van der Waals surface area contributed by atoms with Crippen molar-refractivity contribution in [3.8, 4) is 0 Å². The van der Waals surface area contributed by atoms with Gasteiger partial charge in [-0.15, -0.1) is 0 Å². The Morgan fingerprint density at radius 3 is 2.71 bits per heavy atom. The van der Waals surface area contributed by atoms with Crippen LogP contribution < -0.4 is 5.32 Å². The van der Waals surface area contributed by atoms with Crippen molar-refractivity contribution in [3.63, 3.8) is 0 Å². The minimum Gasteiger partial charge on any atom is -0.481 e. The Bertz CT molecular complexity index is 404. The number of hydrogen-bond donors (Lipinski definition) is 2. The first-order chi connectivity index (χ1) is 8.09. The SMILES string of the molecule is Cc1cccnc1NC(=O)CCCCC(=O)O. The van der Waals surface area contributed by atoms with Gasteiger partial charge in [0.25, 0.3) is 0 Å². The molecule has 1 amide bonds. The second-order valence-corrected chi connectivity index (χ2v) is 3.82. The number of nitrogens with zero attached hydrogens (tertiary/aromatic N) is 1. The van der Waals surface area contributed by atoms with Crippen LogP contribution in [0, 0.1) is 6.92 Å². The Morgan fingerprint density at radius 2 is 2.06 bits per heavy atom. The molecule has 0 bridgehead atoms. The number of aromatic nitrogens is 1. The van der Waals surface area contributed by atoms with E-state index in [1.165, 1.54) is 0 Å². The Labute approximate surface area is 99.9 Å². The third kappa shape index (κ3) is 5.10. The van der Waals surface area contributed by atoms with E-state index in [0.717, 1.165) is 5.56 Å². The molecule has 5 heteroatoms. The van der Waals surface area contributed by atoms with Crippen LogP contribution in [0.5, 0.6) is 0 Å². The van der Waals surface area contributed by atoms with Crippen LogP contribution in [0.3, 0.4) is 0 Å². The lowest BCUT2D eigenvalue weighted by Gasteiger charge is -2.06. The first kappa shape index (κ1) is 13.2. The average Bonchev–Trinajstić information content (AvgIpc) is 2.27. The predicted octanol–water partition coefficient (Wildman–Crippen LogP) is 1.97. The summed E-state index contributed by atoms with van der Waals surface area (Å²) in [6.07, 6.45) is 3.14. The minimum atomic E-state index is -0.828. The summed E-state index contributed by atoms with van der Waals surface area (Å²) in [6.45, 7) is 1.87. The van der Waals surface area contributed by atoms with Crippen LogP contribution in [0.25, 0.3) is 0 Å². The quantitative estimate of drug-likeness (QED) is 0.740. The lowest BCUT2D eigenvalue weighted by molar-refractivity contribution is -0.137. The molecule has 0 radical (unpaired) electrons. The summed E-state index contributed by atoms with van der Waals surface area (Å²) in [5.74, 6) is -0.390. The number of anilines is 1. The molecule has 1 rings (SSSR count). The molecule has 92 valence electrons. The summed E-state index contributed by atoms with van der Waals surface area (Å²) >= 11 is 0. The summed E-state index contributed by atoms with van der Waals surface area (Å²) in [5.41, 5.74) is 0.909. The lowest BCUT2D eigenvalue weighted by atomic mass is 10.2. The van der Waals surface area contributed by atoms with Crippen molar-refractivity contribution in [2.45, 2.75) is 32.6 Å². The molecule has 2 N–H and O–H groups in total. The van der Waals surface area contributed by atoms with Crippen molar-refractivity contribution < 1.29 is 14.7 Å². The van der Waals surface area contributed by atoms with E-state index in [1.54, 1.807) is 12.3 Å². The summed E-state index contributed by atoms with van der Waals surface area (Å²) in [6, 6.07) is 3.67. The molecule has 1 aromatic heterocycles. The summed E-state index contributed by atoms with van der Waals surface area (Å²) < 4.78 is 0. The number of pyridine rings is 1. The molecule has 0 aliphatic rings. The van der Waals surface area contributed by atoms with Gasteiger partial charge in [0.2, 0.25) is 5.91 Å². The van der Waals surface area contributed by atoms with Crippen LogP contribution in [0.2, 0.25) is 0 Å². The number of carbonyl (C=O) groups is 2. The Morgan fingerprint density at radius 1 is 1.35 bits per heavy atom. The zero-order valence-corrected chi connectivity index (χ0v) is 9.77. The highest BCUT2D eigenvalue weighted by atomic mass is 16.4. The van der Waals surface area contributed by atoms with Crippen LogP contribution in [0.4, 0.5) is 5.82 Å². The topological polar surface area (TPSA) is 79.3 Å². The molecule has 0 spiro atoms. The molecular formula is C12H16N2O3. The monoisotopic (exact) mass is 236 g/mol. The molecule has 0 fully saturated rings. The standard InChI is InChI=1S/C12H16N2O3/c1-9-5-4-8-13-12(9)14-10(15)6-2-3-7-11(16)17/h4-5,8H,2-3,6-7H2,1H3,(H,16,17)(H,13,14,15). The molecule has 5 nitrogen and oxygen atoms in total. The third-order valence-electron chi connectivity index (χ3n) is 2.31. The van der Waals surface area contributed by atoms with Crippen molar-refractivity contribution in [1.82, 2.24) is 4.98 Å². The van der Waals surface area contributed by atoms with Gasteiger partial charge in [-0.25, -0.2) is 4.98 Å². The summed E-state index contributed by atoms with van der Waals surface area (Å²) in [4.78, 5) is 25.8. The molecule has 0 saturated carbocycles. The molecule has 0 aromatic carbocycles. The van der Waals surface area contributed by atoms with E-state index in [9.17, 15) is 9.59 Å². The molecule has 0 unspecified atom stereocenters. The maximum absolute atomic E-state index is 11.5. The Balaban J connectivity index is 2.30. The number of amides is 1. The van der Waals surface area contributed by atoms with Crippen LogP contribution in [-0.4, -0.2) is 22.0 Å². The fraction of sp³-hybridized carbons (Fsp3) is 0.417. The van der Waals surface area contributed by atoms with Crippen molar-refractivity contribution in [2.75, 3.05) is 5.32 Å². The van der Waals surface area contributed by atoms with Crippen LogP contribution in [0.1, 0.15) is 31.2 Å². The third-order valence-corrected chi connectivity index (χ3v) is 2.31. The largest absolute Gasteiger partial charge is 0.481 e. The van der Waals surface area contributed by atoms with Crippen LogP contribution >= 0.6 is 0 Å². The number of aliphatic carboxylic acids is 1. The zero-order chi connectivity index (χ0) is 12.7. The van der Waals surface area contributed by atoms with Gasteiger partial charge in [-0.05, 0) is 31.4 Å². The van der Waals surface area contributed by atoms with Gasteiger partial charge in [-0.1, -0.05) is 6.07 Å².